The maximum absolute atomic E-state index is 13.1. The Morgan fingerprint density at radius 3 is 2.67 bits per heavy atom. The minimum Gasteiger partial charge on any atom is -0.497 e. The fourth-order valence-corrected chi connectivity index (χ4v) is 4.78. The van der Waals surface area contributed by atoms with E-state index in [-0.39, 0.29) is 17.7 Å². The number of hydrogen-bond acceptors (Lipinski definition) is 7. The van der Waals surface area contributed by atoms with Gasteiger partial charge in [-0.3, -0.25) is 9.59 Å². The molecule has 3 unspecified atom stereocenters. The van der Waals surface area contributed by atoms with Crippen LogP contribution in [0, 0.1) is 19.8 Å². The molecule has 1 amide bonds. The SMILES string of the molecule is COc1cccc(OC2(O)CCC(NC(=O)c3nc4cc(C)c(C)cc4[nH]c3=O)CC2CN(C)C)c1. The van der Waals surface area contributed by atoms with Crippen LogP contribution >= 0.6 is 0 Å². The minimum absolute atomic E-state index is 0.164. The Morgan fingerprint density at radius 1 is 1.22 bits per heavy atom. The van der Waals surface area contributed by atoms with E-state index in [1.165, 1.54) is 0 Å². The molecule has 1 heterocycles. The topological polar surface area (TPSA) is 117 Å². The molecule has 0 aliphatic heterocycles. The first kappa shape index (κ1) is 25.7. The molecule has 9 nitrogen and oxygen atoms in total. The second-order valence-corrected chi connectivity index (χ2v) is 9.90. The van der Waals surface area contributed by atoms with Crippen molar-refractivity contribution in [2.24, 2.45) is 5.92 Å². The van der Waals surface area contributed by atoms with E-state index in [0.29, 0.717) is 48.3 Å². The van der Waals surface area contributed by atoms with E-state index in [1.54, 1.807) is 25.3 Å². The molecule has 3 N–H and O–H groups in total. The maximum atomic E-state index is 13.1. The lowest BCUT2D eigenvalue weighted by Crippen LogP contribution is -2.55. The molecular weight excluding hydrogens is 460 g/mol. The van der Waals surface area contributed by atoms with E-state index in [4.69, 9.17) is 9.47 Å². The van der Waals surface area contributed by atoms with Gasteiger partial charge in [-0.1, -0.05) is 6.07 Å². The number of aryl methyl sites for hydroxylation is 2. The summed E-state index contributed by atoms with van der Waals surface area (Å²) < 4.78 is 11.4. The van der Waals surface area contributed by atoms with Gasteiger partial charge in [0.2, 0.25) is 5.79 Å². The third kappa shape index (κ3) is 5.52. The standard InChI is InChI=1S/C27H34N4O5/c1-16-11-22-23(12-17(16)2)30-26(33)24(29-22)25(32)28-19-9-10-27(34,18(13-19)15-31(3)4)36-21-8-6-7-20(14-21)35-5/h6-8,11-12,14,18-19,34H,9-10,13,15H2,1-5H3,(H,28,32)(H,30,33). The highest BCUT2D eigenvalue weighted by Gasteiger charge is 2.45. The van der Waals surface area contributed by atoms with Crippen molar-refractivity contribution >= 4 is 16.9 Å². The third-order valence-corrected chi connectivity index (χ3v) is 6.84. The normalized spacial score (nSPS) is 22.0. The molecule has 1 aliphatic rings. The number of H-pyrrole nitrogens is 1. The lowest BCUT2D eigenvalue weighted by Gasteiger charge is -2.43. The zero-order valence-electron chi connectivity index (χ0n) is 21.4. The predicted molar refractivity (Wildman–Crippen MR) is 138 cm³/mol. The van der Waals surface area contributed by atoms with Crippen LogP contribution in [0.2, 0.25) is 0 Å². The first-order chi connectivity index (χ1) is 17.1. The molecule has 4 rings (SSSR count). The van der Waals surface area contributed by atoms with Gasteiger partial charge in [0, 0.05) is 31.0 Å². The fraction of sp³-hybridized carbons (Fsp3) is 0.444. The highest BCUT2D eigenvalue weighted by Crippen LogP contribution is 2.37. The molecule has 1 saturated carbocycles. The number of nitrogens with zero attached hydrogens (tertiary/aromatic N) is 2. The van der Waals surface area contributed by atoms with E-state index in [9.17, 15) is 14.7 Å². The first-order valence-corrected chi connectivity index (χ1v) is 12.1. The Bertz CT molecular complexity index is 1320. The van der Waals surface area contributed by atoms with Crippen LogP contribution in [0.15, 0.2) is 41.2 Å². The van der Waals surface area contributed by atoms with E-state index in [1.807, 2.05) is 51.0 Å². The first-order valence-electron chi connectivity index (χ1n) is 12.1. The van der Waals surface area contributed by atoms with E-state index in [0.717, 1.165) is 11.1 Å². The summed E-state index contributed by atoms with van der Waals surface area (Å²) in [5.74, 6) is -1.07. The summed E-state index contributed by atoms with van der Waals surface area (Å²) >= 11 is 0. The number of hydrogen-bond donors (Lipinski definition) is 3. The lowest BCUT2D eigenvalue weighted by molar-refractivity contribution is -0.202. The van der Waals surface area contributed by atoms with Gasteiger partial charge in [-0.2, -0.15) is 0 Å². The summed E-state index contributed by atoms with van der Waals surface area (Å²) in [7, 11) is 5.43. The van der Waals surface area contributed by atoms with Gasteiger partial charge in [0.1, 0.15) is 11.5 Å². The molecule has 0 bridgehead atoms. The van der Waals surface area contributed by atoms with Crippen LogP contribution in [-0.2, 0) is 0 Å². The molecule has 3 atom stereocenters. The number of aromatic nitrogens is 2. The van der Waals surface area contributed by atoms with E-state index in [2.05, 4.69) is 15.3 Å². The third-order valence-electron chi connectivity index (χ3n) is 6.84. The molecule has 0 radical (unpaired) electrons. The summed E-state index contributed by atoms with van der Waals surface area (Å²) in [4.78, 5) is 34.8. The number of amides is 1. The Labute approximate surface area is 210 Å². The van der Waals surface area contributed by atoms with Crippen molar-refractivity contribution in [3.05, 3.63) is 63.6 Å². The predicted octanol–water partition coefficient (Wildman–Crippen LogP) is 2.78. The Hall–Kier alpha value is -3.43. The van der Waals surface area contributed by atoms with Crippen LogP contribution in [0.3, 0.4) is 0 Å². The number of benzene rings is 2. The van der Waals surface area contributed by atoms with Gasteiger partial charge in [0.15, 0.2) is 5.69 Å². The van der Waals surface area contributed by atoms with Gasteiger partial charge in [0.25, 0.3) is 11.5 Å². The lowest BCUT2D eigenvalue weighted by atomic mass is 9.80. The molecule has 0 saturated heterocycles. The highest BCUT2D eigenvalue weighted by atomic mass is 16.6. The Kier molecular flexibility index (Phi) is 7.33. The number of ether oxygens (including phenoxy) is 2. The Morgan fingerprint density at radius 2 is 1.94 bits per heavy atom. The van der Waals surface area contributed by atoms with Crippen LogP contribution in [0.4, 0.5) is 0 Å². The number of aliphatic hydroxyl groups is 1. The molecule has 1 fully saturated rings. The van der Waals surface area contributed by atoms with Crippen LogP contribution < -0.4 is 20.3 Å². The highest BCUT2D eigenvalue weighted by molar-refractivity contribution is 5.94. The molecular formula is C27H34N4O5. The number of carbonyl (C=O) groups is 1. The van der Waals surface area contributed by atoms with Crippen molar-refractivity contribution < 1.29 is 19.4 Å². The average molecular weight is 495 g/mol. The zero-order valence-corrected chi connectivity index (χ0v) is 21.4. The second kappa shape index (κ2) is 10.3. The number of nitrogens with one attached hydrogen (secondary N) is 2. The number of carbonyl (C=O) groups excluding carboxylic acids is 1. The number of methoxy groups -OCH3 is 1. The Balaban J connectivity index is 1.52. The largest absolute Gasteiger partial charge is 0.497 e. The molecule has 1 aromatic heterocycles. The molecule has 3 aromatic rings. The summed E-state index contributed by atoms with van der Waals surface area (Å²) in [6, 6.07) is 10.6. The van der Waals surface area contributed by atoms with Crippen molar-refractivity contribution in [3.63, 3.8) is 0 Å². The zero-order chi connectivity index (χ0) is 26.0. The molecule has 1 aliphatic carbocycles. The van der Waals surface area contributed by atoms with Crippen molar-refractivity contribution in [1.29, 1.82) is 0 Å². The fourth-order valence-electron chi connectivity index (χ4n) is 4.78. The second-order valence-electron chi connectivity index (χ2n) is 9.90. The van der Waals surface area contributed by atoms with E-state index >= 15 is 0 Å². The van der Waals surface area contributed by atoms with Crippen LogP contribution in [-0.4, -0.2) is 65.5 Å². The van der Waals surface area contributed by atoms with Gasteiger partial charge < -0.3 is 29.8 Å². The van der Waals surface area contributed by atoms with Crippen molar-refractivity contribution in [1.82, 2.24) is 20.2 Å². The monoisotopic (exact) mass is 494 g/mol. The number of aromatic amines is 1. The van der Waals surface area contributed by atoms with Gasteiger partial charge >= 0.3 is 0 Å². The van der Waals surface area contributed by atoms with Crippen LogP contribution in [0.25, 0.3) is 11.0 Å². The maximum Gasteiger partial charge on any atom is 0.280 e. The van der Waals surface area contributed by atoms with Crippen molar-refractivity contribution in [3.8, 4) is 11.5 Å². The van der Waals surface area contributed by atoms with E-state index < -0.39 is 17.3 Å². The summed E-state index contributed by atoms with van der Waals surface area (Å²) in [5, 5.41) is 14.5. The smallest absolute Gasteiger partial charge is 0.280 e. The number of fused-ring (bicyclic) bond motifs is 1. The quantitative estimate of drug-likeness (QED) is 0.433. The van der Waals surface area contributed by atoms with Crippen molar-refractivity contribution in [2.45, 2.75) is 44.9 Å². The summed E-state index contributed by atoms with van der Waals surface area (Å²) in [6.07, 6.45) is 1.28. The average Bonchev–Trinajstić information content (AvgIpc) is 2.82. The van der Waals surface area contributed by atoms with Crippen LogP contribution in [0.5, 0.6) is 11.5 Å². The van der Waals surface area contributed by atoms with Gasteiger partial charge in [-0.05, 0) is 76.2 Å². The number of rotatable bonds is 7. The molecule has 0 spiro atoms. The molecule has 2 aromatic carbocycles. The van der Waals surface area contributed by atoms with Gasteiger partial charge in [-0.25, -0.2) is 4.98 Å². The molecule has 9 heteroatoms. The molecule has 36 heavy (non-hydrogen) atoms. The minimum atomic E-state index is -1.41. The molecule has 192 valence electrons. The van der Waals surface area contributed by atoms with Gasteiger partial charge in [0.05, 0.1) is 18.1 Å². The van der Waals surface area contributed by atoms with Gasteiger partial charge in [-0.15, -0.1) is 0 Å². The van der Waals surface area contributed by atoms with Crippen LogP contribution in [0.1, 0.15) is 40.9 Å². The van der Waals surface area contributed by atoms with Crippen molar-refractivity contribution in [2.75, 3.05) is 27.7 Å². The summed E-state index contributed by atoms with van der Waals surface area (Å²) in [6.45, 7) is 4.48. The summed E-state index contributed by atoms with van der Waals surface area (Å²) in [5.41, 5.74) is 2.55.